The predicted molar refractivity (Wildman–Crippen MR) is 85.2 cm³/mol. The molecule has 0 saturated heterocycles. The monoisotopic (exact) mass is 304 g/mol. The van der Waals surface area contributed by atoms with E-state index < -0.39 is 11.8 Å². The number of carbonyl (C=O) groups excluding carboxylic acids is 2. The van der Waals surface area contributed by atoms with Crippen molar-refractivity contribution >= 4 is 28.5 Å². The average Bonchev–Trinajstić information content (AvgIpc) is 2.80. The first-order valence-electron chi connectivity index (χ1n) is 7.18. The molecular formula is C18H12N2O3. The summed E-state index contributed by atoms with van der Waals surface area (Å²) in [5.74, 6) is -0.920. The lowest BCUT2D eigenvalue weighted by Gasteiger charge is -2.15. The fraction of sp³-hybridized carbons (Fsp3) is 0.0556. The van der Waals surface area contributed by atoms with E-state index >= 15 is 0 Å². The number of fused-ring (bicyclic) bond motifs is 2. The Morgan fingerprint density at radius 2 is 1.57 bits per heavy atom. The zero-order valence-electron chi connectivity index (χ0n) is 12.3. The van der Waals surface area contributed by atoms with Crippen molar-refractivity contribution in [2.75, 3.05) is 4.90 Å². The Hall–Kier alpha value is -3.21. The van der Waals surface area contributed by atoms with Gasteiger partial charge in [0.2, 0.25) is 0 Å². The number of hydrogen-bond donors (Lipinski definition) is 0. The van der Waals surface area contributed by atoms with Crippen LogP contribution in [0.2, 0.25) is 0 Å². The molecular weight excluding hydrogens is 292 g/mol. The molecule has 0 spiro atoms. The molecule has 1 aliphatic rings. The number of anilines is 1. The Labute approximate surface area is 132 Å². The molecule has 0 unspecified atom stereocenters. The first kappa shape index (κ1) is 13.5. The summed E-state index contributed by atoms with van der Waals surface area (Å²) in [5, 5.41) is 13.4. The van der Waals surface area contributed by atoms with Crippen LogP contribution in [0.3, 0.4) is 0 Å². The number of aromatic nitrogens is 1. The van der Waals surface area contributed by atoms with Crippen molar-refractivity contribution in [3.05, 3.63) is 76.5 Å². The molecule has 2 amide bonds. The fourth-order valence-electron chi connectivity index (χ4n) is 2.91. The molecule has 0 fully saturated rings. The fourth-order valence-corrected chi connectivity index (χ4v) is 2.91. The van der Waals surface area contributed by atoms with Crippen LogP contribution in [0, 0.1) is 12.1 Å². The van der Waals surface area contributed by atoms with E-state index in [0.29, 0.717) is 21.4 Å². The van der Waals surface area contributed by atoms with E-state index in [2.05, 4.69) is 0 Å². The van der Waals surface area contributed by atoms with Crippen molar-refractivity contribution in [3.63, 3.8) is 0 Å². The van der Waals surface area contributed by atoms with Gasteiger partial charge in [-0.25, -0.2) is 14.3 Å². The number of nitrogens with zero attached hydrogens (tertiary/aromatic N) is 2. The van der Waals surface area contributed by atoms with Gasteiger partial charge < -0.3 is 5.21 Å². The largest absolute Gasteiger partial charge is 0.710 e. The highest BCUT2D eigenvalue weighted by atomic mass is 16.5. The normalized spacial score (nSPS) is 13.7. The third-order valence-corrected chi connectivity index (χ3v) is 4.05. The maximum Gasteiger partial charge on any atom is 0.349 e. The Kier molecular flexibility index (Phi) is 2.72. The molecule has 0 saturated carbocycles. The van der Waals surface area contributed by atoms with Gasteiger partial charge in [-0.15, -0.1) is 4.90 Å². The van der Waals surface area contributed by atoms with E-state index in [1.165, 1.54) is 6.07 Å². The van der Waals surface area contributed by atoms with Gasteiger partial charge in [0, 0.05) is 11.5 Å². The van der Waals surface area contributed by atoms with Crippen LogP contribution >= 0.6 is 0 Å². The van der Waals surface area contributed by atoms with Gasteiger partial charge in [-0.2, -0.15) is 0 Å². The highest BCUT2D eigenvalue weighted by Gasteiger charge is 2.44. The van der Waals surface area contributed by atoms with E-state index in [0.717, 1.165) is 15.8 Å². The van der Waals surface area contributed by atoms with Crippen molar-refractivity contribution < 1.29 is 14.3 Å². The van der Waals surface area contributed by atoms with Crippen LogP contribution in [0.1, 0.15) is 26.3 Å². The van der Waals surface area contributed by atoms with Crippen molar-refractivity contribution in [1.82, 2.24) is 0 Å². The molecule has 112 valence electrons. The van der Waals surface area contributed by atoms with Crippen LogP contribution in [0.15, 0.2) is 54.6 Å². The van der Waals surface area contributed by atoms with Gasteiger partial charge in [-0.05, 0) is 37.3 Å². The smallest absolute Gasteiger partial charge is 0.349 e. The second kappa shape index (κ2) is 4.64. The summed E-state index contributed by atoms with van der Waals surface area (Å²) in [7, 11) is 0. The molecule has 0 radical (unpaired) electrons. The summed E-state index contributed by atoms with van der Waals surface area (Å²) in [6.45, 7) is 1.94. The molecule has 5 nitrogen and oxygen atoms in total. The molecule has 1 aromatic heterocycles. The molecule has 3 aromatic rings. The Morgan fingerprint density at radius 1 is 0.913 bits per heavy atom. The van der Waals surface area contributed by atoms with Crippen molar-refractivity contribution in [1.29, 1.82) is 0 Å². The molecule has 4 rings (SSSR count). The summed E-state index contributed by atoms with van der Waals surface area (Å²) in [5.41, 5.74) is 2.10. The van der Waals surface area contributed by atoms with Crippen molar-refractivity contribution in [2.24, 2.45) is 0 Å². The summed E-state index contributed by atoms with van der Waals surface area (Å²) in [6.07, 6.45) is 0. The highest BCUT2D eigenvalue weighted by molar-refractivity contribution is 6.33. The number of imide groups is 1. The van der Waals surface area contributed by atoms with E-state index in [9.17, 15) is 14.8 Å². The van der Waals surface area contributed by atoms with Crippen LogP contribution in [0.5, 0.6) is 0 Å². The minimum absolute atomic E-state index is 0.0209. The molecule has 2 aromatic carbocycles. The molecule has 0 atom stereocenters. The summed E-state index contributed by atoms with van der Waals surface area (Å²) >= 11 is 0. The zero-order valence-corrected chi connectivity index (χ0v) is 12.3. The molecule has 0 N–H and O–H groups in total. The Balaban J connectivity index is 1.91. The number of aryl methyl sites for hydroxylation is 1. The first-order chi connectivity index (χ1) is 11.1. The van der Waals surface area contributed by atoms with Gasteiger partial charge in [0.1, 0.15) is 5.52 Å². The second-order valence-corrected chi connectivity index (χ2v) is 5.54. The zero-order chi connectivity index (χ0) is 16.1. The number of carbonyl (C=O) groups is 2. The topological polar surface area (TPSA) is 64.3 Å². The van der Waals surface area contributed by atoms with Gasteiger partial charge >= 0.3 is 11.8 Å². The van der Waals surface area contributed by atoms with E-state index in [1.807, 2.05) is 19.1 Å². The predicted octanol–water partition coefficient (Wildman–Crippen LogP) is 2.58. The van der Waals surface area contributed by atoms with E-state index in [4.69, 9.17) is 0 Å². The van der Waals surface area contributed by atoms with Gasteiger partial charge in [-0.1, -0.05) is 23.8 Å². The summed E-state index contributed by atoms with van der Waals surface area (Å²) < 4.78 is 0.635. The standard InChI is InChI=1S/C18H12N2O3/c1-11-6-8-15-12(10-11)7-9-16(20(15)23)19-17(21)13-4-2-3-5-14(13)18(19)22/h2-10H,1H3. The quantitative estimate of drug-likeness (QED) is 0.394. The van der Waals surface area contributed by atoms with Crippen LogP contribution < -0.4 is 9.63 Å². The number of rotatable bonds is 1. The summed E-state index contributed by atoms with van der Waals surface area (Å²) in [6, 6.07) is 15.2. The van der Waals surface area contributed by atoms with Crippen LogP contribution in [-0.4, -0.2) is 11.8 Å². The highest BCUT2D eigenvalue weighted by Crippen LogP contribution is 2.27. The van der Waals surface area contributed by atoms with E-state index in [-0.39, 0.29) is 5.82 Å². The van der Waals surface area contributed by atoms with Gasteiger partial charge in [-0.3, -0.25) is 0 Å². The lowest BCUT2D eigenvalue weighted by atomic mass is 10.1. The lowest BCUT2D eigenvalue weighted by molar-refractivity contribution is -0.562. The third kappa shape index (κ3) is 1.83. The maximum atomic E-state index is 12.6. The van der Waals surface area contributed by atoms with Crippen molar-refractivity contribution in [3.8, 4) is 0 Å². The second-order valence-electron chi connectivity index (χ2n) is 5.54. The molecule has 0 aliphatic carbocycles. The maximum absolute atomic E-state index is 12.6. The number of amides is 2. The molecule has 0 bridgehead atoms. The van der Waals surface area contributed by atoms with Gasteiger partial charge in [0.05, 0.1) is 11.1 Å². The number of pyridine rings is 1. The number of hydrogen-bond acceptors (Lipinski definition) is 3. The minimum Gasteiger partial charge on any atom is -0.710 e. The first-order valence-corrected chi connectivity index (χ1v) is 7.18. The molecule has 23 heavy (non-hydrogen) atoms. The Bertz CT molecular complexity index is 960. The third-order valence-electron chi connectivity index (χ3n) is 4.05. The lowest BCUT2D eigenvalue weighted by Crippen LogP contribution is -2.41. The SMILES string of the molecule is Cc1ccc2c(ccc(N3C(=O)c4ccccc4C3=O)[n+]2[O-])c1. The number of benzene rings is 2. The molecule has 1 aliphatic heterocycles. The molecule has 2 heterocycles. The van der Waals surface area contributed by atoms with Gasteiger partial charge in [0.15, 0.2) is 0 Å². The molecule has 5 heteroatoms. The van der Waals surface area contributed by atoms with Crippen LogP contribution in [0.4, 0.5) is 5.82 Å². The van der Waals surface area contributed by atoms with Gasteiger partial charge in [0.25, 0.3) is 5.82 Å². The minimum atomic E-state index is -0.471. The van der Waals surface area contributed by atoms with E-state index in [1.54, 1.807) is 36.4 Å². The Morgan fingerprint density at radius 3 is 2.22 bits per heavy atom. The van der Waals surface area contributed by atoms with Crippen LogP contribution in [0.25, 0.3) is 10.9 Å². The summed E-state index contributed by atoms with van der Waals surface area (Å²) in [4.78, 5) is 25.9. The van der Waals surface area contributed by atoms with Crippen LogP contribution in [-0.2, 0) is 0 Å². The average molecular weight is 304 g/mol. The van der Waals surface area contributed by atoms with Crippen molar-refractivity contribution in [2.45, 2.75) is 6.92 Å².